The Balaban J connectivity index is 3.06. The lowest BCUT2D eigenvalue weighted by Gasteiger charge is -1.97. The molecule has 3 nitrogen and oxygen atoms in total. The van der Waals surface area contributed by atoms with E-state index in [4.69, 9.17) is 10.3 Å². The smallest absolute Gasteiger partial charge is 0.116 e. The van der Waals surface area contributed by atoms with Crippen molar-refractivity contribution in [2.24, 2.45) is 5.16 Å². The number of hydrogen-bond donors (Lipinski definition) is 2. The molecule has 0 aliphatic carbocycles. The minimum absolute atomic E-state index is 0.172. The highest BCUT2D eigenvalue weighted by atomic mass is 16.4. The fourth-order valence-corrected chi connectivity index (χ4v) is 0.789. The highest BCUT2D eigenvalue weighted by Crippen LogP contribution is 2.11. The van der Waals surface area contributed by atoms with Crippen LogP contribution in [0, 0.1) is 0 Å². The molecule has 0 spiro atoms. The Morgan fingerprint density at radius 3 is 2.73 bits per heavy atom. The summed E-state index contributed by atoms with van der Waals surface area (Å²) < 4.78 is 0. The van der Waals surface area contributed by atoms with Crippen LogP contribution in [0.25, 0.3) is 0 Å². The van der Waals surface area contributed by atoms with Gasteiger partial charge in [0, 0.05) is 5.56 Å². The lowest BCUT2D eigenvalue weighted by molar-refractivity contribution is 0.319. The van der Waals surface area contributed by atoms with Crippen LogP contribution < -0.4 is 0 Å². The predicted molar refractivity (Wildman–Crippen MR) is 42.1 cm³/mol. The molecule has 0 aliphatic rings. The van der Waals surface area contributed by atoms with Gasteiger partial charge >= 0.3 is 0 Å². The van der Waals surface area contributed by atoms with E-state index in [-0.39, 0.29) is 5.75 Å². The summed E-state index contributed by atoms with van der Waals surface area (Å²) in [5, 5.41) is 20.4. The van der Waals surface area contributed by atoms with E-state index >= 15 is 0 Å². The van der Waals surface area contributed by atoms with E-state index in [0.29, 0.717) is 11.3 Å². The zero-order chi connectivity index (χ0) is 8.27. The van der Waals surface area contributed by atoms with Gasteiger partial charge in [0.05, 0.1) is 5.71 Å². The standard InChI is InChI=1S/C8H9NO2/c1-6(9-11)7-3-2-4-8(10)5-7/h2-5,10-11H,1H3/b9-6+. The van der Waals surface area contributed by atoms with Crippen LogP contribution in [-0.4, -0.2) is 16.0 Å². The summed E-state index contributed by atoms with van der Waals surface area (Å²) in [6.45, 7) is 1.66. The number of phenolic OH excluding ortho intramolecular Hbond substituents is 1. The monoisotopic (exact) mass is 151 g/mol. The molecule has 0 amide bonds. The molecule has 0 saturated heterocycles. The van der Waals surface area contributed by atoms with Gasteiger partial charge in [-0.05, 0) is 19.1 Å². The molecular weight excluding hydrogens is 142 g/mol. The molecule has 0 aliphatic heterocycles. The van der Waals surface area contributed by atoms with Crippen LogP contribution in [0.5, 0.6) is 5.75 Å². The van der Waals surface area contributed by atoms with Crippen molar-refractivity contribution in [3.8, 4) is 5.75 Å². The Morgan fingerprint density at radius 2 is 2.18 bits per heavy atom. The summed E-state index contributed by atoms with van der Waals surface area (Å²) >= 11 is 0. The number of phenols is 1. The normalized spacial score (nSPS) is 11.5. The minimum atomic E-state index is 0.172. The van der Waals surface area contributed by atoms with E-state index in [1.807, 2.05) is 0 Å². The first-order chi connectivity index (χ1) is 5.24. The third-order valence-corrected chi connectivity index (χ3v) is 1.41. The number of rotatable bonds is 1. The van der Waals surface area contributed by atoms with Gasteiger partial charge in [0.15, 0.2) is 0 Å². The number of oxime groups is 1. The van der Waals surface area contributed by atoms with Crippen molar-refractivity contribution in [3.63, 3.8) is 0 Å². The average molecular weight is 151 g/mol. The van der Waals surface area contributed by atoms with Crippen molar-refractivity contribution in [1.82, 2.24) is 0 Å². The third kappa shape index (κ3) is 1.70. The van der Waals surface area contributed by atoms with Gasteiger partial charge in [-0.3, -0.25) is 0 Å². The number of aromatic hydroxyl groups is 1. The van der Waals surface area contributed by atoms with Crippen molar-refractivity contribution >= 4 is 5.71 Å². The second-order valence-corrected chi connectivity index (χ2v) is 2.24. The van der Waals surface area contributed by atoms with Crippen molar-refractivity contribution in [3.05, 3.63) is 29.8 Å². The zero-order valence-electron chi connectivity index (χ0n) is 6.15. The average Bonchev–Trinajstić information content (AvgIpc) is 2.03. The zero-order valence-corrected chi connectivity index (χ0v) is 6.15. The molecule has 0 radical (unpaired) electrons. The van der Waals surface area contributed by atoms with E-state index in [9.17, 15) is 0 Å². The van der Waals surface area contributed by atoms with Crippen molar-refractivity contribution in [2.75, 3.05) is 0 Å². The first kappa shape index (κ1) is 7.60. The molecule has 1 aromatic carbocycles. The summed E-state index contributed by atoms with van der Waals surface area (Å²) in [6.07, 6.45) is 0. The first-order valence-corrected chi connectivity index (χ1v) is 3.22. The van der Waals surface area contributed by atoms with Crippen LogP contribution in [0.2, 0.25) is 0 Å². The first-order valence-electron chi connectivity index (χ1n) is 3.22. The van der Waals surface area contributed by atoms with Gasteiger partial charge in [0.25, 0.3) is 0 Å². The lowest BCUT2D eigenvalue weighted by Crippen LogP contribution is -1.92. The molecule has 0 unspecified atom stereocenters. The molecule has 11 heavy (non-hydrogen) atoms. The van der Waals surface area contributed by atoms with Gasteiger partial charge in [-0.2, -0.15) is 0 Å². The van der Waals surface area contributed by atoms with Crippen molar-refractivity contribution < 1.29 is 10.3 Å². The number of nitrogens with zero attached hydrogens (tertiary/aromatic N) is 1. The van der Waals surface area contributed by atoms with Crippen molar-refractivity contribution in [2.45, 2.75) is 6.92 Å². The molecule has 58 valence electrons. The maximum absolute atomic E-state index is 9.02. The molecular formula is C8H9NO2. The van der Waals surface area contributed by atoms with E-state index in [0.717, 1.165) is 0 Å². The van der Waals surface area contributed by atoms with E-state index < -0.39 is 0 Å². The SMILES string of the molecule is C/C(=N\O)c1cccc(O)c1. The van der Waals surface area contributed by atoms with Crippen LogP contribution >= 0.6 is 0 Å². The van der Waals surface area contributed by atoms with E-state index in [1.165, 1.54) is 6.07 Å². The van der Waals surface area contributed by atoms with Gasteiger partial charge in [-0.25, -0.2) is 0 Å². The maximum atomic E-state index is 9.02. The highest BCUT2D eigenvalue weighted by Gasteiger charge is 1.96. The predicted octanol–water partition coefficient (Wildman–Crippen LogP) is 1.59. The second-order valence-electron chi connectivity index (χ2n) is 2.24. The Bertz CT molecular complexity index is 281. The number of benzene rings is 1. The van der Waals surface area contributed by atoms with E-state index in [1.54, 1.807) is 25.1 Å². The van der Waals surface area contributed by atoms with Gasteiger partial charge < -0.3 is 10.3 Å². The molecule has 0 bridgehead atoms. The van der Waals surface area contributed by atoms with Crippen LogP contribution in [0.4, 0.5) is 0 Å². The molecule has 1 aromatic rings. The highest BCUT2D eigenvalue weighted by molar-refractivity contribution is 5.98. The van der Waals surface area contributed by atoms with Gasteiger partial charge in [0.2, 0.25) is 0 Å². The molecule has 0 heterocycles. The summed E-state index contributed by atoms with van der Waals surface area (Å²) in [4.78, 5) is 0. The quantitative estimate of drug-likeness (QED) is 0.364. The van der Waals surface area contributed by atoms with Crippen molar-refractivity contribution in [1.29, 1.82) is 0 Å². The van der Waals surface area contributed by atoms with Crippen LogP contribution in [0.1, 0.15) is 12.5 Å². The Kier molecular flexibility index (Phi) is 2.11. The summed E-state index contributed by atoms with van der Waals surface area (Å²) in [7, 11) is 0. The topological polar surface area (TPSA) is 52.8 Å². The van der Waals surface area contributed by atoms with Gasteiger partial charge in [-0.1, -0.05) is 17.3 Å². The van der Waals surface area contributed by atoms with E-state index in [2.05, 4.69) is 5.16 Å². The molecule has 1 rings (SSSR count). The van der Waals surface area contributed by atoms with Gasteiger partial charge in [0.1, 0.15) is 5.75 Å². The number of hydrogen-bond acceptors (Lipinski definition) is 3. The summed E-state index contributed by atoms with van der Waals surface area (Å²) in [5.41, 5.74) is 1.20. The van der Waals surface area contributed by atoms with Gasteiger partial charge in [-0.15, -0.1) is 0 Å². The third-order valence-electron chi connectivity index (χ3n) is 1.41. The Labute approximate surface area is 64.6 Å². The molecule has 0 saturated carbocycles. The Hall–Kier alpha value is -1.51. The minimum Gasteiger partial charge on any atom is -0.508 e. The fraction of sp³-hybridized carbons (Fsp3) is 0.125. The Morgan fingerprint density at radius 1 is 1.45 bits per heavy atom. The van der Waals surface area contributed by atoms with Crippen LogP contribution in [-0.2, 0) is 0 Å². The fourth-order valence-electron chi connectivity index (χ4n) is 0.789. The van der Waals surface area contributed by atoms with Crippen LogP contribution in [0.3, 0.4) is 0 Å². The molecule has 2 N–H and O–H groups in total. The largest absolute Gasteiger partial charge is 0.508 e. The molecule has 0 fully saturated rings. The second kappa shape index (κ2) is 3.05. The lowest BCUT2D eigenvalue weighted by atomic mass is 10.1. The van der Waals surface area contributed by atoms with Crippen LogP contribution in [0.15, 0.2) is 29.4 Å². The molecule has 0 atom stereocenters. The molecule has 0 aromatic heterocycles. The maximum Gasteiger partial charge on any atom is 0.116 e. The summed E-state index contributed by atoms with van der Waals surface area (Å²) in [5.74, 6) is 0.172. The summed E-state index contributed by atoms with van der Waals surface area (Å²) in [6, 6.07) is 6.55. The molecule has 3 heteroatoms.